The largest absolute Gasteiger partial charge is 0.327 e. The van der Waals surface area contributed by atoms with Gasteiger partial charge in [0.05, 0.1) is 12.2 Å². The van der Waals surface area contributed by atoms with Crippen LogP contribution in [-0.4, -0.2) is 54.1 Å². The fourth-order valence-corrected chi connectivity index (χ4v) is 3.52. The van der Waals surface area contributed by atoms with Crippen LogP contribution in [0.1, 0.15) is 38.5 Å². The average molecular weight is 237 g/mol. The minimum Gasteiger partial charge on any atom is -0.327 e. The molecule has 1 saturated carbocycles. The van der Waals surface area contributed by atoms with Gasteiger partial charge < -0.3 is 9.80 Å². The fourth-order valence-electron chi connectivity index (χ4n) is 3.52. The van der Waals surface area contributed by atoms with Gasteiger partial charge >= 0.3 is 0 Å². The van der Waals surface area contributed by atoms with E-state index < -0.39 is 0 Å². The van der Waals surface area contributed by atoms with E-state index in [2.05, 4.69) is 10.2 Å². The van der Waals surface area contributed by atoms with Gasteiger partial charge in [-0.15, -0.1) is 0 Å². The summed E-state index contributed by atoms with van der Waals surface area (Å²) in [4.78, 5) is 16.9. The van der Waals surface area contributed by atoms with E-state index in [0.29, 0.717) is 5.91 Å². The molecule has 3 aliphatic rings. The first-order valence-electron chi connectivity index (χ1n) is 7.07. The summed E-state index contributed by atoms with van der Waals surface area (Å²) in [5.74, 6) is 0.370. The highest BCUT2D eigenvalue weighted by Crippen LogP contribution is 2.34. The third kappa shape index (κ3) is 2.08. The highest BCUT2D eigenvalue weighted by molar-refractivity contribution is 5.88. The van der Waals surface area contributed by atoms with Gasteiger partial charge in [-0.3, -0.25) is 10.1 Å². The zero-order valence-electron chi connectivity index (χ0n) is 10.6. The standard InChI is InChI=1S/C13H23N3O/c17-12-13(5-1-2-6-13)14-11-16(12)10-9-15-7-3-4-8-15/h14H,1-11H2. The van der Waals surface area contributed by atoms with Gasteiger partial charge in [-0.1, -0.05) is 12.8 Å². The van der Waals surface area contributed by atoms with E-state index in [4.69, 9.17) is 0 Å². The number of hydrogen-bond acceptors (Lipinski definition) is 3. The second-order valence-electron chi connectivity index (χ2n) is 5.74. The lowest BCUT2D eigenvalue weighted by Gasteiger charge is -2.23. The van der Waals surface area contributed by atoms with Crippen molar-refractivity contribution in [3.8, 4) is 0 Å². The quantitative estimate of drug-likeness (QED) is 0.788. The molecular formula is C13H23N3O. The zero-order valence-corrected chi connectivity index (χ0v) is 10.6. The fraction of sp³-hybridized carbons (Fsp3) is 0.923. The second-order valence-corrected chi connectivity index (χ2v) is 5.74. The van der Waals surface area contributed by atoms with Crippen LogP contribution in [0, 0.1) is 0 Å². The van der Waals surface area contributed by atoms with Crippen molar-refractivity contribution < 1.29 is 4.79 Å². The Morgan fingerprint density at radius 2 is 1.76 bits per heavy atom. The molecule has 3 rings (SSSR count). The van der Waals surface area contributed by atoms with Gasteiger partial charge in [0.15, 0.2) is 0 Å². The number of nitrogens with zero attached hydrogens (tertiary/aromatic N) is 2. The smallest absolute Gasteiger partial charge is 0.244 e. The van der Waals surface area contributed by atoms with Crippen molar-refractivity contribution in [3.05, 3.63) is 0 Å². The Labute approximate surface area is 103 Å². The predicted molar refractivity (Wildman–Crippen MR) is 66.6 cm³/mol. The lowest BCUT2D eigenvalue weighted by Crippen LogP contribution is -2.44. The summed E-state index contributed by atoms with van der Waals surface area (Å²) < 4.78 is 0. The van der Waals surface area contributed by atoms with Crippen molar-refractivity contribution in [3.63, 3.8) is 0 Å². The summed E-state index contributed by atoms with van der Waals surface area (Å²) in [6.07, 6.45) is 7.17. The van der Waals surface area contributed by atoms with E-state index in [-0.39, 0.29) is 5.54 Å². The molecule has 1 aliphatic carbocycles. The molecule has 3 fully saturated rings. The minimum absolute atomic E-state index is 0.162. The molecule has 1 N–H and O–H groups in total. The van der Waals surface area contributed by atoms with E-state index in [1.165, 1.54) is 38.8 Å². The van der Waals surface area contributed by atoms with Crippen LogP contribution in [0.5, 0.6) is 0 Å². The Morgan fingerprint density at radius 1 is 1.06 bits per heavy atom. The van der Waals surface area contributed by atoms with Crippen LogP contribution in [0.4, 0.5) is 0 Å². The van der Waals surface area contributed by atoms with Crippen molar-refractivity contribution in [1.82, 2.24) is 15.1 Å². The van der Waals surface area contributed by atoms with Crippen LogP contribution < -0.4 is 5.32 Å². The SMILES string of the molecule is O=C1N(CCN2CCCC2)CNC12CCCC2. The van der Waals surface area contributed by atoms with E-state index in [1.807, 2.05) is 4.90 Å². The topological polar surface area (TPSA) is 35.6 Å². The van der Waals surface area contributed by atoms with Crippen molar-refractivity contribution in [1.29, 1.82) is 0 Å². The molecule has 1 spiro atoms. The zero-order chi connectivity index (χ0) is 11.7. The minimum atomic E-state index is -0.162. The van der Waals surface area contributed by atoms with Gasteiger partial charge in [0.2, 0.25) is 5.91 Å². The molecule has 96 valence electrons. The molecule has 0 bridgehead atoms. The van der Waals surface area contributed by atoms with Gasteiger partial charge in [-0.05, 0) is 38.8 Å². The molecule has 0 aromatic heterocycles. The number of nitrogens with one attached hydrogen (secondary N) is 1. The van der Waals surface area contributed by atoms with E-state index >= 15 is 0 Å². The summed E-state index contributed by atoms with van der Waals surface area (Å²) in [7, 11) is 0. The van der Waals surface area contributed by atoms with Crippen LogP contribution in [0.3, 0.4) is 0 Å². The molecule has 4 nitrogen and oxygen atoms in total. The molecule has 1 amide bonds. The number of amides is 1. The van der Waals surface area contributed by atoms with Gasteiger partial charge in [0, 0.05) is 13.1 Å². The molecule has 0 aromatic carbocycles. The summed E-state index contributed by atoms with van der Waals surface area (Å²) in [6, 6.07) is 0. The van der Waals surface area contributed by atoms with Gasteiger partial charge in [0.1, 0.15) is 0 Å². The third-order valence-corrected chi connectivity index (χ3v) is 4.65. The Morgan fingerprint density at radius 3 is 2.47 bits per heavy atom. The van der Waals surface area contributed by atoms with Crippen molar-refractivity contribution in [2.45, 2.75) is 44.1 Å². The molecule has 0 radical (unpaired) electrons. The number of carbonyl (C=O) groups excluding carboxylic acids is 1. The van der Waals surface area contributed by atoms with Crippen LogP contribution >= 0.6 is 0 Å². The number of carbonyl (C=O) groups is 1. The summed E-state index contributed by atoms with van der Waals surface area (Å²) in [5.41, 5.74) is -0.162. The molecule has 2 aliphatic heterocycles. The monoisotopic (exact) mass is 237 g/mol. The van der Waals surface area contributed by atoms with Gasteiger partial charge in [0.25, 0.3) is 0 Å². The highest BCUT2D eigenvalue weighted by Gasteiger charge is 2.47. The van der Waals surface area contributed by atoms with Crippen molar-refractivity contribution in [2.24, 2.45) is 0 Å². The summed E-state index contributed by atoms with van der Waals surface area (Å²) in [6.45, 7) is 5.19. The first-order valence-corrected chi connectivity index (χ1v) is 7.07. The van der Waals surface area contributed by atoms with Crippen LogP contribution in [0.2, 0.25) is 0 Å². The molecular weight excluding hydrogens is 214 g/mol. The van der Waals surface area contributed by atoms with Crippen molar-refractivity contribution in [2.75, 3.05) is 32.8 Å². The maximum absolute atomic E-state index is 12.4. The van der Waals surface area contributed by atoms with E-state index in [1.54, 1.807) is 0 Å². The second kappa shape index (κ2) is 4.58. The first-order chi connectivity index (χ1) is 8.30. The van der Waals surface area contributed by atoms with Crippen LogP contribution in [0.15, 0.2) is 0 Å². The maximum atomic E-state index is 12.4. The Bertz CT molecular complexity index is 293. The molecule has 0 aromatic rings. The first kappa shape index (κ1) is 11.5. The van der Waals surface area contributed by atoms with Crippen molar-refractivity contribution >= 4 is 5.91 Å². The normalized spacial score (nSPS) is 28.7. The summed E-state index contributed by atoms with van der Waals surface area (Å²) >= 11 is 0. The highest BCUT2D eigenvalue weighted by atomic mass is 16.2. The summed E-state index contributed by atoms with van der Waals surface area (Å²) in [5, 5.41) is 3.47. The number of hydrogen-bond donors (Lipinski definition) is 1. The van der Waals surface area contributed by atoms with Gasteiger partial charge in [-0.25, -0.2) is 0 Å². The predicted octanol–water partition coefficient (Wildman–Crippen LogP) is 0.784. The molecule has 0 unspecified atom stereocenters. The Balaban J connectivity index is 1.53. The van der Waals surface area contributed by atoms with E-state index in [0.717, 1.165) is 32.6 Å². The Hall–Kier alpha value is -0.610. The lowest BCUT2D eigenvalue weighted by atomic mass is 9.98. The molecule has 0 atom stereocenters. The van der Waals surface area contributed by atoms with Crippen LogP contribution in [0.25, 0.3) is 0 Å². The molecule has 2 saturated heterocycles. The molecule has 2 heterocycles. The third-order valence-electron chi connectivity index (χ3n) is 4.65. The van der Waals surface area contributed by atoms with Gasteiger partial charge in [-0.2, -0.15) is 0 Å². The number of likely N-dealkylation sites (tertiary alicyclic amines) is 1. The lowest BCUT2D eigenvalue weighted by molar-refractivity contribution is -0.132. The maximum Gasteiger partial charge on any atom is 0.244 e. The molecule has 17 heavy (non-hydrogen) atoms. The molecule has 4 heteroatoms. The average Bonchev–Trinajstić information content (AvgIpc) is 3.04. The van der Waals surface area contributed by atoms with Crippen LogP contribution in [-0.2, 0) is 4.79 Å². The Kier molecular flexibility index (Phi) is 3.09. The number of rotatable bonds is 3. The van der Waals surface area contributed by atoms with E-state index in [9.17, 15) is 4.79 Å².